The molecule has 1 atom stereocenters. The Morgan fingerprint density at radius 1 is 1.00 bits per heavy atom. The van der Waals surface area contributed by atoms with Gasteiger partial charge in [0.2, 0.25) is 11.8 Å². The highest BCUT2D eigenvalue weighted by Gasteiger charge is 2.17. The minimum absolute atomic E-state index is 0. The van der Waals surface area contributed by atoms with E-state index in [1.165, 1.54) is 5.56 Å². The highest BCUT2D eigenvalue weighted by Crippen LogP contribution is 2.07. The zero-order valence-electron chi connectivity index (χ0n) is 16.7. The Hall–Kier alpha value is -1.34. The lowest BCUT2D eigenvalue weighted by Gasteiger charge is -2.18. The first-order valence-corrected chi connectivity index (χ1v) is 8.97. The summed E-state index contributed by atoms with van der Waals surface area (Å²) in [4.78, 5) is 25.9. The van der Waals surface area contributed by atoms with Gasteiger partial charge in [0.15, 0.2) is 0 Å². The number of nitrogens with two attached hydrogens (primary N) is 1. The predicted molar refractivity (Wildman–Crippen MR) is 115 cm³/mol. The lowest BCUT2D eigenvalue weighted by molar-refractivity contribution is -0.127. The molecular weight excluding hydrogens is 387 g/mol. The maximum absolute atomic E-state index is 11.8. The molecule has 0 aliphatic heterocycles. The van der Waals surface area contributed by atoms with Gasteiger partial charge in [0.25, 0.3) is 0 Å². The molecule has 0 saturated carbocycles. The van der Waals surface area contributed by atoms with Crippen molar-refractivity contribution in [3.05, 3.63) is 35.4 Å². The second-order valence-electron chi connectivity index (χ2n) is 6.54. The van der Waals surface area contributed by atoms with Crippen molar-refractivity contribution in [2.24, 2.45) is 11.7 Å². The molecule has 0 spiro atoms. The average molecular weight is 421 g/mol. The van der Waals surface area contributed by atoms with Crippen molar-refractivity contribution < 1.29 is 9.59 Å². The molecule has 0 bridgehead atoms. The monoisotopic (exact) mass is 420 g/mol. The van der Waals surface area contributed by atoms with Crippen LogP contribution in [0, 0.1) is 5.92 Å². The quantitative estimate of drug-likeness (QED) is 0.540. The van der Waals surface area contributed by atoms with Gasteiger partial charge >= 0.3 is 0 Å². The van der Waals surface area contributed by atoms with Crippen LogP contribution in [-0.2, 0) is 22.7 Å². The molecule has 156 valence electrons. The highest BCUT2D eigenvalue weighted by atomic mass is 35.5. The van der Waals surface area contributed by atoms with Crippen LogP contribution in [0.1, 0.15) is 38.8 Å². The zero-order chi connectivity index (χ0) is 18.8. The summed E-state index contributed by atoms with van der Waals surface area (Å²) < 4.78 is 0. The van der Waals surface area contributed by atoms with Gasteiger partial charge in [0.1, 0.15) is 0 Å². The third-order valence-electron chi connectivity index (χ3n) is 4.26. The molecular formula is C19H34Cl2N4O2. The average Bonchev–Trinajstić information content (AvgIpc) is 2.62. The van der Waals surface area contributed by atoms with Gasteiger partial charge in [-0.2, -0.15) is 0 Å². The van der Waals surface area contributed by atoms with Gasteiger partial charge in [-0.1, -0.05) is 52.0 Å². The second kappa shape index (κ2) is 14.7. The van der Waals surface area contributed by atoms with E-state index in [0.717, 1.165) is 25.2 Å². The van der Waals surface area contributed by atoms with Crippen LogP contribution in [-0.4, -0.2) is 42.4 Å². The van der Waals surface area contributed by atoms with Crippen molar-refractivity contribution >= 4 is 36.6 Å². The fourth-order valence-corrected chi connectivity index (χ4v) is 2.32. The fourth-order valence-electron chi connectivity index (χ4n) is 2.32. The minimum Gasteiger partial charge on any atom is -0.350 e. The van der Waals surface area contributed by atoms with Crippen LogP contribution >= 0.6 is 24.8 Å². The van der Waals surface area contributed by atoms with E-state index in [1.54, 1.807) is 0 Å². The number of halogens is 2. The van der Waals surface area contributed by atoms with E-state index in [2.05, 4.69) is 41.5 Å². The normalized spacial score (nSPS) is 11.4. The molecule has 2 amide bonds. The number of nitrogens with one attached hydrogen (secondary N) is 2. The van der Waals surface area contributed by atoms with Crippen LogP contribution in [0.25, 0.3) is 0 Å². The number of hydrogen-bond donors (Lipinski definition) is 3. The van der Waals surface area contributed by atoms with E-state index in [-0.39, 0.29) is 49.1 Å². The van der Waals surface area contributed by atoms with E-state index in [0.29, 0.717) is 6.54 Å². The van der Waals surface area contributed by atoms with E-state index in [9.17, 15) is 9.59 Å². The molecule has 0 unspecified atom stereocenters. The molecule has 0 radical (unpaired) electrons. The molecule has 0 fully saturated rings. The third-order valence-corrected chi connectivity index (χ3v) is 4.26. The summed E-state index contributed by atoms with van der Waals surface area (Å²) in [6.07, 6.45) is 0. The first kappa shape index (κ1) is 27.9. The van der Waals surface area contributed by atoms with Gasteiger partial charge < -0.3 is 16.4 Å². The first-order chi connectivity index (χ1) is 11.9. The molecule has 8 heteroatoms. The van der Waals surface area contributed by atoms with E-state index in [1.807, 2.05) is 26.0 Å². The summed E-state index contributed by atoms with van der Waals surface area (Å²) in [5.74, 6) is -0.486. The molecule has 0 aliphatic carbocycles. The largest absolute Gasteiger partial charge is 0.350 e. The van der Waals surface area contributed by atoms with E-state index < -0.39 is 6.04 Å². The topological polar surface area (TPSA) is 87.5 Å². The van der Waals surface area contributed by atoms with Gasteiger partial charge in [-0.15, -0.1) is 24.8 Å². The minimum atomic E-state index is -0.592. The van der Waals surface area contributed by atoms with Crippen molar-refractivity contribution in [1.29, 1.82) is 0 Å². The Labute approximate surface area is 175 Å². The SMILES string of the molecule is CCN(CC)Cc1ccc(CNC(=O)CNC(=O)[C@@H](N)C(C)C)cc1.Cl.Cl. The van der Waals surface area contributed by atoms with Gasteiger partial charge in [-0.05, 0) is 30.1 Å². The van der Waals surface area contributed by atoms with Gasteiger partial charge in [-0.3, -0.25) is 14.5 Å². The number of rotatable bonds is 10. The molecule has 27 heavy (non-hydrogen) atoms. The molecule has 6 nitrogen and oxygen atoms in total. The Bertz CT molecular complexity index is 549. The van der Waals surface area contributed by atoms with E-state index >= 15 is 0 Å². The first-order valence-electron chi connectivity index (χ1n) is 8.97. The smallest absolute Gasteiger partial charge is 0.239 e. The van der Waals surface area contributed by atoms with Gasteiger partial charge in [-0.25, -0.2) is 0 Å². The molecule has 1 aromatic rings. The van der Waals surface area contributed by atoms with Crippen molar-refractivity contribution in [3.8, 4) is 0 Å². The van der Waals surface area contributed by atoms with Crippen molar-refractivity contribution in [2.75, 3.05) is 19.6 Å². The highest BCUT2D eigenvalue weighted by molar-refractivity contribution is 5.87. The molecule has 4 N–H and O–H groups in total. The second-order valence-corrected chi connectivity index (χ2v) is 6.54. The summed E-state index contributed by atoms with van der Waals surface area (Å²) >= 11 is 0. The number of hydrogen-bond acceptors (Lipinski definition) is 4. The van der Waals surface area contributed by atoms with Crippen molar-refractivity contribution in [1.82, 2.24) is 15.5 Å². The molecule has 0 aromatic heterocycles. The Kier molecular flexibility index (Phi) is 15.2. The molecule has 0 heterocycles. The lowest BCUT2D eigenvalue weighted by Crippen LogP contribution is -2.47. The van der Waals surface area contributed by atoms with Crippen LogP contribution < -0.4 is 16.4 Å². The lowest BCUT2D eigenvalue weighted by atomic mass is 10.1. The third kappa shape index (κ3) is 10.5. The predicted octanol–water partition coefficient (Wildman–Crippen LogP) is 2.09. The Morgan fingerprint density at radius 2 is 1.52 bits per heavy atom. The Balaban J connectivity index is 0. The van der Waals surface area contributed by atoms with E-state index in [4.69, 9.17) is 5.73 Å². The summed E-state index contributed by atoms with van der Waals surface area (Å²) in [7, 11) is 0. The zero-order valence-corrected chi connectivity index (χ0v) is 18.3. The van der Waals surface area contributed by atoms with Crippen LogP contribution in [0.2, 0.25) is 0 Å². The van der Waals surface area contributed by atoms with Crippen LogP contribution in [0.5, 0.6) is 0 Å². The summed E-state index contributed by atoms with van der Waals surface area (Å²) in [6.45, 7) is 11.4. The summed E-state index contributed by atoms with van der Waals surface area (Å²) in [5.41, 5.74) is 8.02. The van der Waals surface area contributed by atoms with Crippen LogP contribution in [0.3, 0.4) is 0 Å². The maximum atomic E-state index is 11.8. The maximum Gasteiger partial charge on any atom is 0.239 e. The number of amides is 2. The van der Waals surface area contributed by atoms with Crippen LogP contribution in [0.4, 0.5) is 0 Å². The number of carbonyl (C=O) groups excluding carboxylic acids is 2. The molecule has 1 rings (SSSR count). The number of nitrogens with zero attached hydrogens (tertiary/aromatic N) is 1. The molecule has 0 aliphatic rings. The standard InChI is InChI=1S/C19H32N4O2.2ClH/c1-5-23(6-2)13-16-9-7-15(8-10-16)11-21-17(24)12-22-19(25)18(20)14(3)4;;/h7-10,14,18H,5-6,11-13,20H2,1-4H3,(H,21,24)(H,22,25);2*1H/t18-;;/m0../s1. The Morgan fingerprint density at radius 3 is 2.00 bits per heavy atom. The summed E-state index contributed by atoms with van der Waals surface area (Å²) in [5, 5.41) is 5.36. The molecule has 0 saturated heterocycles. The summed E-state index contributed by atoms with van der Waals surface area (Å²) in [6, 6.07) is 7.62. The number of benzene rings is 1. The van der Waals surface area contributed by atoms with Gasteiger partial charge in [0, 0.05) is 13.1 Å². The molecule has 1 aromatic carbocycles. The van der Waals surface area contributed by atoms with Crippen molar-refractivity contribution in [2.45, 2.75) is 46.8 Å². The van der Waals surface area contributed by atoms with Crippen LogP contribution in [0.15, 0.2) is 24.3 Å². The fraction of sp³-hybridized carbons (Fsp3) is 0.579. The van der Waals surface area contributed by atoms with Crippen molar-refractivity contribution in [3.63, 3.8) is 0 Å². The van der Waals surface area contributed by atoms with Gasteiger partial charge in [0.05, 0.1) is 12.6 Å². The number of carbonyl (C=O) groups is 2.